The summed E-state index contributed by atoms with van der Waals surface area (Å²) in [5.74, 6) is -0.132. The fraction of sp³-hybridized carbons (Fsp3) is 0.455. The minimum Gasteiger partial charge on any atom is -0.394 e. The zero-order chi connectivity index (χ0) is 13.9. The molecule has 1 N–H and O–H groups in total. The van der Waals surface area contributed by atoms with Gasteiger partial charge in [0, 0.05) is 6.54 Å². The second-order valence-electron chi connectivity index (χ2n) is 4.30. The Hall–Kier alpha value is -1.84. The Morgan fingerprint density at radius 2 is 2.50 bits per heavy atom. The predicted octanol–water partition coefficient (Wildman–Crippen LogP) is -0.443. The monoisotopic (exact) mass is 295 g/mol. The topological polar surface area (TPSA) is 93.4 Å². The second-order valence-corrected chi connectivity index (χ2v) is 5.22. The quantitative estimate of drug-likeness (QED) is 0.825. The van der Waals surface area contributed by atoms with Crippen molar-refractivity contribution < 1.29 is 14.6 Å². The highest BCUT2D eigenvalue weighted by Gasteiger charge is 2.30. The van der Waals surface area contributed by atoms with E-state index < -0.39 is 0 Å². The molecule has 0 saturated carbocycles. The third-order valence-electron chi connectivity index (χ3n) is 3.13. The van der Waals surface area contributed by atoms with Crippen molar-refractivity contribution in [2.45, 2.75) is 6.04 Å². The van der Waals surface area contributed by atoms with Crippen LogP contribution in [0.15, 0.2) is 17.8 Å². The molecule has 106 valence electrons. The van der Waals surface area contributed by atoms with Crippen molar-refractivity contribution in [3.63, 3.8) is 0 Å². The van der Waals surface area contributed by atoms with Crippen LogP contribution in [0.2, 0.25) is 0 Å². The first-order valence-electron chi connectivity index (χ1n) is 6.11. The van der Waals surface area contributed by atoms with Crippen LogP contribution in [0.3, 0.4) is 0 Å². The fourth-order valence-corrected chi connectivity index (χ4v) is 2.95. The molecule has 2 aromatic heterocycles. The van der Waals surface area contributed by atoms with Gasteiger partial charge in [-0.1, -0.05) is 0 Å². The van der Waals surface area contributed by atoms with E-state index >= 15 is 0 Å². The lowest BCUT2D eigenvalue weighted by Gasteiger charge is -2.34. The lowest BCUT2D eigenvalue weighted by Crippen LogP contribution is -2.50. The number of carbonyl (C=O) groups excluding carboxylic acids is 1. The summed E-state index contributed by atoms with van der Waals surface area (Å²) < 4.78 is 6.74. The van der Waals surface area contributed by atoms with Crippen molar-refractivity contribution in [2.75, 3.05) is 26.4 Å². The number of hydrogen-bond acceptors (Lipinski definition) is 7. The zero-order valence-corrected chi connectivity index (χ0v) is 11.4. The smallest absolute Gasteiger partial charge is 0.266 e. The third-order valence-corrected chi connectivity index (χ3v) is 4.03. The molecule has 0 spiro atoms. The summed E-state index contributed by atoms with van der Waals surface area (Å²) in [6.45, 7) is 1.19. The zero-order valence-electron chi connectivity index (χ0n) is 10.5. The van der Waals surface area contributed by atoms with E-state index in [1.54, 1.807) is 11.0 Å². The standard InChI is InChI=1S/C11H13N5O3S/c17-5-8-6-19-3-2-15(8)11(18)10-9(1-4-20-10)16-7-12-13-14-16/h1,4,7-8,17H,2-3,5-6H2. The third kappa shape index (κ3) is 2.30. The Balaban J connectivity index is 1.89. The number of tetrazole rings is 1. The maximum absolute atomic E-state index is 12.6. The van der Waals surface area contributed by atoms with Gasteiger partial charge in [0.15, 0.2) is 0 Å². The van der Waals surface area contributed by atoms with Crippen molar-refractivity contribution in [3.05, 3.63) is 22.7 Å². The Morgan fingerprint density at radius 3 is 3.25 bits per heavy atom. The van der Waals surface area contributed by atoms with E-state index in [2.05, 4.69) is 15.5 Å². The number of thiophene rings is 1. The first-order valence-corrected chi connectivity index (χ1v) is 6.99. The molecule has 1 aliphatic rings. The van der Waals surface area contributed by atoms with Gasteiger partial charge in [0.05, 0.1) is 31.5 Å². The van der Waals surface area contributed by atoms with Crippen molar-refractivity contribution >= 4 is 17.2 Å². The molecule has 1 amide bonds. The Morgan fingerprint density at radius 1 is 1.60 bits per heavy atom. The van der Waals surface area contributed by atoms with Gasteiger partial charge < -0.3 is 14.7 Å². The lowest BCUT2D eigenvalue weighted by molar-refractivity contribution is -0.0181. The molecule has 2 aromatic rings. The minimum absolute atomic E-state index is 0.114. The minimum atomic E-state index is -0.305. The van der Waals surface area contributed by atoms with Crippen LogP contribution in [0.1, 0.15) is 9.67 Å². The Labute approximate surface area is 118 Å². The molecule has 1 saturated heterocycles. The number of carbonyl (C=O) groups is 1. The number of amides is 1. The van der Waals surface area contributed by atoms with Gasteiger partial charge in [0.1, 0.15) is 11.2 Å². The van der Waals surface area contributed by atoms with Gasteiger partial charge in [-0.2, -0.15) is 4.68 Å². The molecule has 0 radical (unpaired) electrons. The highest BCUT2D eigenvalue weighted by molar-refractivity contribution is 7.12. The molecular formula is C11H13N5O3S. The number of aliphatic hydroxyl groups excluding tert-OH is 1. The van der Waals surface area contributed by atoms with Crippen molar-refractivity contribution in [3.8, 4) is 5.69 Å². The maximum atomic E-state index is 12.6. The molecule has 0 aromatic carbocycles. The molecule has 3 rings (SSSR count). The SMILES string of the molecule is O=C(c1sccc1-n1cnnn1)N1CCOCC1CO. The maximum Gasteiger partial charge on any atom is 0.266 e. The molecule has 1 atom stereocenters. The van der Waals surface area contributed by atoms with Gasteiger partial charge >= 0.3 is 0 Å². The summed E-state index contributed by atoms with van der Waals surface area (Å²) in [7, 11) is 0. The summed E-state index contributed by atoms with van der Waals surface area (Å²) in [6, 6.07) is 1.49. The largest absolute Gasteiger partial charge is 0.394 e. The van der Waals surface area contributed by atoms with Crippen LogP contribution in [-0.2, 0) is 4.74 Å². The van der Waals surface area contributed by atoms with Crippen LogP contribution >= 0.6 is 11.3 Å². The van der Waals surface area contributed by atoms with Crippen LogP contribution in [0.4, 0.5) is 0 Å². The Kier molecular flexibility index (Phi) is 3.72. The second kappa shape index (κ2) is 5.65. The number of nitrogens with zero attached hydrogens (tertiary/aromatic N) is 5. The number of hydrogen-bond donors (Lipinski definition) is 1. The number of ether oxygens (including phenoxy) is 1. The van der Waals surface area contributed by atoms with E-state index in [0.29, 0.717) is 30.3 Å². The van der Waals surface area contributed by atoms with Gasteiger partial charge in [-0.3, -0.25) is 4.79 Å². The lowest BCUT2D eigenvalue weighted by atomic mass is 10.2. The number of aliphatic hydroxyl groups is 1. The van der Waals surface area contributed by atoms with Gasteiger partial charge in [0.25, 0.3) is 5.91 Å². The van der Waals surface area contributed by atoms with Gasteiger partial charge in [-0.15, -0.1) is 16.4 Å². The predicted molar refractivity (Wildman–Crippen MR) is 69.8 cm³/mol. The molecule has 1 unspecified atom stereocenters. The Bertz CT molecular complexity index is 585. The summed E-state index contributed by atoms with van der Waals surface area (Å²) in [4.78, 5) is 14.8. The summed E-state index contributed by atoms with van der Waals surface area (Å²) in [6.07, 6.45) is 1.45. The van der Waals surface area contributed by atoms with E-state index in [4.69, 9.17) is 4.74 Å². The molecule has 20 heavy (non-hydrogen) atoms. The van der Waals surface area contributed by atoms with Crippen LogP contribution in [0.5, 0.6) is 0 Å². The van der Waals surface area contributed by atoms with Crippen molar-refractivity contribution in [2.24, 2.45) is 0 Å². The molecule has 9 heteroatoms. The molecular weight excluding hydrogens is 282 g/mol. The molecule has 8 nitrogen and oxygen atoms in total. The van der Waals surface area contributed by atoms with Crippen molar-refractivity contribution in [1.82, 2.24) is 25.1 Å². The average Bonchev–Trinajstić information content (AvgIpc) is 3.16. The highest BCUT2D eigenvalue weighted by atomic mass is 32.1. The van der Waals surface area contributed by atoms with Gasteiger partial charge in [0.2, 0.25) is 0 Å². The van der Waals surface area contributed by atoms with Crippen LogP contribution < -0.4 is 0 Å². The first-order chi connectivity index (χ1) is 9.81. The number of aromatic nitrogens is 4. The molecule has 0 aliphatic carbocycles. The van der Waals surface area contributed by atoms with Crippen LogP contribution in [0, 0.1) is 0 Å². The first kappa shape index (κ1) is 13.2. The van der Waals surface area contributed by atoms with E-state index in [1.807, 2.05) is 5.38 Å². The highest BCUT2D eigenvalue weighted by Crippen LogP contribution is 2.23. The number of morpholine rings is 1. The molecule has 1 aliphatic heterocycles. The summed E-state index contributed by atoms with van der Waals surface area (Å²) in [5, 5.41) is 22.1. The van der Waals surface area contributed by atoms with Crippen LogP contribution in [0.25, 0.3) is 5.69 Å². The van der Waals surface area contributed by atoms with Crippen molar-refractivity contribution in [1.29, 1.82) is 0 Å². The molecule has 0 bridgehead atoms. The van der Waals surface area contributed by atoms with Crippen LogP contribution in [-0.4, -0.2) is 68.5 Å². The van der Waals surface area contributed by atoms with E-state index in [0.717, 1.165) is 0 Å². The van der Waals surface area contributed by atoms with E-state index in [-0.39, 0.29) is 18.6 Å². The van der Waals surface area contributed by atoms with E-state index in [9.17, 15) is 9.90 Å². The van der Waals surface area contributed by atoms with E-state index in [1.165, 1.54) is 22.3 Å². The normalized spacial score (nSPS) is 19.2. The van der Waals surface area contributed by atoms with Gasteiger partial charge in [-0.05, 0) is 21.9 Å². The summed E-state index contributed by atoms with van der Waals surface area (Å²) in [5.41, 5.74) is 0.646. The number of rotatable bonds is 3. The summed E-state index contributed by atoms with van der Waals surface area (Å²) >= 11 is 1.33. The van der Waals surface area contributed by atoms with Gasteiger partial charge in [-0.25, -0.2) is 0 Å². The average molecular weight is 295 g/mol. The molecule has 3 heterocycles. The molecule has 1 fully saturated rings. The fourth-order valence-electron chi connectivity index (χ4n) is 2.12.